The van der Waals surface area contributed by atoms with Gasteiger partial charge in [-0.25, -0.2) is 24.0 Å². The minimum atomic E-state index is -0.663. The van der Waals surface area contributed by atoms with E-state index in [2.05, 4.69) is 10.2 Å². The first-order valence-corrected chi connectivity index (χ1v) is 13.5. The van der Waals surface area contributed by atoms with E-state index in [0.29, 0.717) is 33.3 Å². The van der Waals surface area contributed by atoms with Crippen LogP contribution in [0.3, 0.4) is 0 Å². The van der Waals surface area contributed by atoms with Gasteiger partial charge in [-0.3, -0.25) is 0 Å². The Morgan fingerprint density at radius 3 is 2.54 bits per heavy atom. The van der Waals surface area contributed by atoms with Gasteiger partial charge >= 0.3 is 6.09 Å². The summed E-state index contributed by atoms with van der Waals surface area (Å²) in [6.07, 6.45) is 8.92. The van der Waals surface area contributed by atoms with Gasteiger partial charge in [0.25, 0.3) is 0 Å². The molecule has 5 rings (SSSR count). The number of allylic oxidation sites excluding steroid dienone is 2. The molecule has 0 N–H and O–H groups in total. The summed E-state index contributed by atoms with van der Waals surface area (Å²) < 4.78 is 9.58. The van der Waals surface area contributed by atoms with E-state index in [1.54, 1.807) is 23.5 Å². The van der Waals surface area contributed by atoms with Crippen LogP contribution in [0.5, 0.6) is 0 Å². The van der Waals surface area contributed by atoms with Crippen LogP contribution in [0.4, 0.5) is 10.6 Å². The monoisotopic (exact) mass is 542 g/mol. The minimum Gasteiger partial charge on any atom is -0.443 e. The molecule has 37 heavy (non-hydrogen) atoms. The van der Waals surface area contributed by atoms with Crippen molar-refractivity contribution in [3.63, 3.8) is 0 Å². The third-order valence-electron chi connectivity index (χ3n) is 6.97. The van der Waals surface area contributed by atoms with Gasteiger partial charge in [0, 0.05) is 23.9 Å². The molecule has 1 atom stereocenters. The first-order valence-electron chi connectivity index (χ1n) is 12.7. The zero-order valence-electron chi connectivity index (χ0n) is 21.6. The number of hydrogen-bond donors (Lipinski definition) is 0. The topological polar surface area (TPSA) is 78.1 Å². The largest absolute Gasteiger partial charge is 0.443 e. The van der Waals surface area contributed by atoms with Crippen LogP contribution in [-0.2, 0) is 11.3 Å². The first-order chi connectivity index (χ1) is 17.6. The Bertz CT molecular complexity index is 1330. The van der Waals surface area contributed by atoms with E-state index >= 15 is 0 Å². The number of nitrogens with zero attached hydrogens (tertiary/aromatic N) is 6. The maximum atomic E-state index is 13.5. The van der Waals surface area contributed by atoms with E-state index < -0.39 is 17.7 Å². The van der Waals surface area contributed by atoms with Gasteiger partial charge in [0.1, 0.15) is 23.8 Å². The van der Waals surface area contributed by atoms with Gasteiger partial charge in [-0.1, -0.05) is 48.5 Å². The molecule has 1 fully saturated rings. The van der Waals surface area contributed by atoms with E-state index in [0.717, 1.165) is 17.7 Å². The predicted molar refractivity (Wildman–Crippen MR) is 145 cm³/mol. The Balaban J connectivity index is 1.67. The third-order valence-corrected chi connectivity index (χ3v) is 7.71. The van der Waals surface area contributed by atoms with Gasteiger partial charge in [0.15, 0.2) is 5.82 Å². The molecule has 3 aromatic rings. The van der Waals surface area contributed by atoms with Crippen molar-refractivity contribution in [2.75, 3.05) is 4.90 Å². The number of hydrogen-bond acceptors (Lipinski definition) is 5. The van der Waals surface area contributed by atoms with Gasteiger partial charge in [0.2, 0.25) is 0 Å². The second kappa shape index (κ2) is 10.1. The van der Waals surface area contributed by atoms with Crippen LogP contribution in [0.15, 0.2) is 42.5 Å². The van der Waals surface area contributed by atoms with Crippen LogP contribution in [0.1, 0.15) is 77.2 Å². The molecule has 1 saturated carbocycles. The predicted octanol–water partition coefficient (Wildman–Crippen LogP) is 7.14. The summed E-state index contributed by atoms with van der Waals surface area (Å²) in [5.41, 5.74) is 1.74. The lowest BCUT2D eigenvalue weighted by Crippen LogP contribution is -2.41. The second-order valence-corrected chi connectivity index (χ2v) is 11.6. The maximum absolute atomic E-state index is 13.5. The molecule has 2 aliphatic rings. The molecule has 0 unspecified atom stereocenters. The smallest absolute Gasteiger partial charge is 0.420 e. The summed E-state index contributed by atoms with van der Waals surface area (Å²) in [6.45, 7) is 8.25. The summed E-state index contributed by atoms with van der Waals surface area (Å²) in [7, 11) is 0. The highest BCUT2D eigenvalue weighted by Gasteiger charge is 2.40. The molecule has 10 heteroatoms. The van der Waals surface area contributed by atoms with Gasteiger partial charge < -0.3 is 4.74 Å². The molecule has 2 aromatic heterocycles. The number of carbonyl (C=O) groups is 1. The zero-order chi connectivity index (χ0) is 26.3. The lowest BCUT2D eigenvalue weighted by Gasteiger charge is -2.37. The van der Waals surface area contributed by atoms with Crippen molar-refractivity contribution < 1.29 is 9.53 Å². The van der Waals surface area contributed by atoms with Crippen LogP contribution in [0, 0.1) is 5.92 Å². The van der Waals surface area contributed by atoms with E-state index in [-0.39, 0.29) is 0 Å². The molecule has 0 spiro atoms. The van der Waals surface area contributed by atoms with Crippen molar-refractivity contribution in [2.24, 2.45) is 5.92 Å². The van der Waals surface area contributed by atoms with Crippen LogP contribution < -0.4 is 4.90 Å². The fraction of sp³-hybridized carbons (Fsp3) is 0.481. The average Bonchev–Trinajstić information content (AvgIpc) is 3.49. The van der Waals surface area contributed by atoms with Crippen molar-refractivity contribution in [2.45, 2.75) is 78.0 Å². The van der Waals surface area contributed by atoms with Gasteiger partial charge in [-0.15, -0.1) is 0 Å². The quantitative estimate of drug-likeness (QED) is 0.350. The molecule has 1 aliphatic heterocycles. The number of carbonyl (C=O) groups excluding carboxylic acids is 1. The maximum Gasteiger partial charge on any atom is 0.420 e. The lowest BCUT2D eigenvalue weighted by atomic mass is 9.89. The fourth-order valence-electron chi connectivity index (χ4n) is 5.33. The molecule has 3 heterocycles. The summed E-state index contributed by atoms with van der Waals surface area (Å²) in [6, 6.07) is 6.97. The van der Waals surface area contributed by atoms with Crippen LogP contribution in [-0.4, -0.2) is 36.2 Å². The van der Waals surface area contributed by atoms with Crippen molar-refractivity contribution in [1.82, 2.24) is 24.5 Å². The summed E-state index contributed by atoms with van der Waals surface area (Å²) in [5, 5.41) is 10.2. The van der Waals surface area contributed by atoms with Gasteiger partial charge in [-0.05, 0) is 64.2 Å². The lowest BCUT2D eigenvalue weighted by molar-refractivity contribution is 0.0588. The van der Waals surface area contributed by atoms with Crippen molar-refractivity contribution in [3.05, 3.63) is 63.9 Å². The third kappa shape index (κ3) is 5.14. The Hall–Kier alpha value is -2.84. The molecule has 0 saturated heterocycles. The highest BCUT2D eigenvalue weighted by atomic mass is 35.5. The standard InChI is InChI=1S/C27H32Cl2N6O2/c1-17-23(25-30-16-32-33(25)15-18-8-6-5-7-9-18)24(19-10-11-20(28)21(29)14-19)35-22(12-13-31-35)34(17)26(36)37-27(2,3)4/h10-14,16,18,24H,5-9,15H2,1-4H3/t24-/m1/s1. The van der Waals surface area contributed by atoms with E-state index in [4.69, 9.17) is 32.9 Å². The molecule has 1 aliphatic carbocycles. The van der Waals surface area contributed by atoms with Gasteiger partial charge in [0.05, 0.1) is 16.2 Å². The zero-order valence-corrected chi connectivity index (χ0v) is 23.1. The number of fused-ring (bicyclic) bond motifs is 1. The first kappa shape index (κ1) is 25.8. The van der Waals surface area contributed by atoms with E-state index in [1.807, 2.05) is 55.3 Å². The van der Waals surface area contributed by atoms with Crippen LogP contribution >= 0.6 is 23.2 Å². The van der Waals surface area contributed by atoms with Crippen LogP contribution in [0.25, 0.3) is 5.57 Å². The molecule has 196 valence electrons. The highest BCUT2D eigenvalue weighted by molar-refractivity contribution is 6.42. The number of benzene rings is 1. The normalized spacial score (nSPS) is 18.8. The van der Waals surface area contributed by atoms with Crippen LogP contribution in [0.2, 0.25) is 10.0 Å². The Kier molecular flexibility index (Phi) is 7.07. The Morgan fingerprint density at radius 1 is 1.08 bits per heavy atom. The SMILES string of the molecule is CC1=C(c2ncnn2CC2CCCCC2)[C@@H](c2ccc(Cl)c(Cl)c2)n2nccc2N1C(=O)OC(C)(C)C. The van der Waals surface area contributed by atoms with Crippen molar-refractivity contribution in [1.29, 1.82) is 0 Å². The number of anilines is 1. The Labute approximate surface area is 227 Å². The molecule has 0 radical (unpaired) electrons. The summed E-state index contributed by atoms with van der Waals surface area (Å²) >= 11 is 12.7. The number of rotatable bonds is 4. The fourth-order valence-corrected chi connectivity index (χ4v) is 5.64. The summed E-state index contributed by atoms with van der Waals surface area (Å²) in [4.78, 5) is 19.8. The highest BCUT2D eigenvalue weighted by Crippen LogP contribution is 2.45. The average molecular weight is 543 g/mol. The molecule has 1 amide bonds. The Morgan fingerprint density at radius 2 is 1.84 bits per heavy atom. The number of amides is 1. The second-order valence-electron chi connectivity index (χ2n) is 10.8. The van der Waals surface area contributed by atoms with Gasteiger partial charge in [-0.2, -0.15) is 10.2 Å². The van der Waals surface area contributed by atoms with Crippen molar-refractivity contribution in [3.8, 4) is 0 Å². The molecule has 8 nitrogen and oxygen atoms in total. The number of ether oxygens (including phenoxy) is 1. The molecular formula is C27H32Cl2N6O2. The molecular weight excluding hydrogens is 511 g/mol. The summed E-state index contributed by atoms with van der Waals surface area (Å²) in [5.74, 6) is 1.85. The molecule has 0 bridgehead atoms. The number of halogens is 2. The van der Waals surface area contributed by atoms with Crippen molar-refractivity contribution >= 4 is 40.7 Å². The van der Waals surface area contributed by atoms with E-state index in [9.17, 15) is 4.79 Å². The molecule has 1 aromatic carbocycles. The minimum absolute atomic E-state index is 0.396. The number of aromatic nitrogens is 5. The van der Waals surface area contributed by atoms with E-state index in [1.165, 1.54) is 32.1 Å².